The van der Waals surface area contributed by atoms with Crippen LogP contribution in [0.15, 0.2) is 152 Å². The van der Waals surface area contributed by atoms with Gasteiger partial charge in [0, 0.05) is 89.5 Å². The number of benzene rings is 7. The summed E-state index contributed by atoms with van der Waals surface area (Å²) in [5.74, 6) is 2.12. The number of pyridine rings is 1. The number of anilines is 4. The first-order valence-corrected chi connectivity index (χ1v) is 23.9. The summed E-state index contributed by atoms with van der Waals surface area (Å²) in [5, 5.41) is 5.27. The molecule has 7 aromatic carbocycles. The van der Waals surface area contributed by atoms with Crippen molar-refractivity contribution in [2.24, 2.45) is 14.0 Å². The second-order valence-electron chi connectivity index (χ2n) is 21.9. The number of fused-ring (bicyclic) bond motifs is 10. The lowest BCUT2D eigenvalue weighted by Crippen LogP contribution is -2.25. The normalized spacial score (nSPS) is 15.3. The van der Waals surface area contributed by atoms with Gasteiger partial charge in [-0.3, -0.25) is 4.57 Å². The molecule has 5 heterocycles. The number of aryl methyl sites for hydroxylation is 2. The maximum Gasteiger partial charge on any atom is 0.137 e. The van der Waals surface area contributed by atoms with Crippen LogP contribution in [0.1, 0.15) is 87.2 Å². The Morgan fingerprint density at radius 1 is 0.464 bits per heavy atom. The van der Waals surface area contributed by atoms with E-state index in [4.69, 9.17) is 9.72 Å². The summed E-state index contributed by atoms with van der Waals surface area (Å²) in [6.07, 6.45) is 1.88. The van der Waals surface area contributed by atoms with Gasteiger partial charge in [-0.05, 0) is 118 Å². The molecule has 0 fully saturated rings. The van der Waals surface area contributed by atoms with Gasteiger partial charge in [-0.25, -0.2) is 4.98 Å². The molecule has 0 aliphatic carbocycles. The van der Waals surface area contributed by atoms with E-state index in [0.717, 1.165) is 77.4 Å². The van der Waals surface area contributed by atoms with Crippen LogP contribution in [0.25, 0.3) is 71.2 Å². The topological polar surface area (TPSA) is 43.4 Å². The number of hydrogen-bond donors (Lipinski definition) is 0. The minimum Gasteiger partial charge on any atom is -0.457 e. The minimum atomic E-state index is -2.64. The molecule has 0 spiro atoms. The molecule has 1 aliphatic heterocycles. The van der Waals surface area contributed by atoms with Gasteiger partial charge < -0.3 is 23.7 Å². The van der Waals surface area contributed by atoms with Crippen LogP contribution in [0.2, 0.25) is 0 Å². The first-order valence-electron chi connectivity index (χ1n) is 26.9. The third-order valence-corrected chi connectivity index (χ3v) is 14.3. The van der Waals surface area contributed by atoms with Crippen molar-refractivity contribution in [1.82, 2.24) is 18.7 Å². The lowest BCUT2D eigenvalue weighted by molar-refractivity contribution is 0.483. The predicted molar refractivity (Wildman–Crippen MR) is 291 cm³/mol. The van der Waals surface area contributed by atoms with Crippen molar-refractivity contribution in [1.29, 1.82) is 0 Å². The van der Waals surface area contributed by atoms with E-state index in [0.29, 0.717) is 39.3 Å². The van der Waals surface area contributed by atoms with E-state index in [1.54, 1.807) is 0 Å². The van der Waals surface area contributed by atoms with E-state index in [2.05, 4.69) is 143 Å². The SMILES string of the molecule is [2H]C([2H])([2H])n1c2ccc(C(C)(C)C)cc2c2cc3c4cc(C(C)(C)C)ccc4n(C([2H])([2H])[2H])c3c(N3CN(c4cccc(Oc5ccc6c7ccccc7n(-c7cc(C(C)(C)C)ccn7)c6c5)c4)c4ccccc43)c21. The number of aromatic nitrogens is 4. The highest BCUT2D eigenvalue weighted by Gasteiger charge is 2.34. The quantitative estimate of drug-likeness (QED) is 0.173. The van der Waals surface area contributed by atoms with E-state index in [9.17, 15) is 8.22 Å². The van der Waals surface area contributed by atoms with Crippen molar-refractivity contribution >= 4 is 88.2 Å². The number of ether oxygens (including phenoxy) is 1. The Balaban J connectivity index is 1.05. The predicted octanol–water partition coefficient (Wildman–Crippen LogP) is 16.4. The molecule has 4 aromatic heterocycles. The highest BCUT2D eigenvalue weighted by atomic mass is 16.5. The molecular formula is C62H60N6O. The molecule has 0 unspecified atom stereocenters. The molecule has 11 aromatic rings. The zero-order valence-corrected chi connectivity index (χ0v) is 40.7. The molecule has 12 rings (SSSR count). The van der Waals surface area contributed by atoms with Crippen molar-refractivity contribution < 1.29 is 13.0 Å². The van der Waals surface area contributed by atoms with Crippen molar-refractivity contribution in [2.75, 3.05) is 16.5 Å². The molecule has 1 aliphatic rings. The molecule has 0 radical (unpaired) electrons. The number of hydrogen-bond acceptors (Lipinski definition) is 4. The smallest absolute Gasteiger partial charge is 0.137 e. The molecule has 0 amide bonds. The zero-order chi connectivity index (χ0) is 52.9. The third kappa shape index (κ3) is 6.72. The first kappa shape index (κ1) is 36.5. The van der Waals surface area contributed by atoms with Gasteiger partial charge in [-0.15, -0.1) is 0 Å². The van der Waals surface area contributed by atoms with Crippen LogP contribution in [0, 0.1) is 0 Å². The monoisotopic (exact) mass is 911 g/mol. The van der Waals surface area contributed by atoms with Gasteiger partial charge in [-0.1, -0.05) is 111 Å². The highest BCUT2D eigenvalue weighted by molar-refractivity contribution is 6.25. The van der Waals surface area contributed by atoms with Crippen molar-refractivity contribution in [3.05, 3.63) is 168 Å². The molecule has 0 bridgehead atoms. The van der Waals surface area contributed by atoms with E-state index < -0.39 is 14.0 Å². The fourth-order valence-electron chi connectivity index (χ4n) is 10.6. The van der Waals surface area contributed by atoms with Crippen molar-refractivity contribution in [3.8, 4) is 17.3 Å². The van der Waals surface area contributed by atoms with E-state index in [-0.39, 0.29) is 22.9 Å². The second kappa shape index (κ2) is 15.0. The number of para-hydroxylation sites is 3. The number of nitrogens with zero attached hydrogens (tertiary/aromatic N) is 6. The summed E-state index contributed by atoms with van der Waals surface area (Å²) in [7, 11) is 0. The van der Waals surface area contributed by atoms with Crippen LogP contribution in [-0.4, -0.2) is 25.4 Å². The molecule has 7 heteroatoms. The molecule has 344 valence electrons. The Hall–Kier alpha value is -7.51. The second-order valence-corrected chi connectivity index (χ2v) is 21.9. The molecule has 0 saturated heterocycles. The van der Waals surface area contributed by atoms with Crippen LogP contribution < -0.4 is 14.5 Å². The van der Waals surface area contributed by atoms with Gasteiger partial charge in [0.15, 0.2) is 0 Å². The van der Waals surface area contributed by atoms with Gasteiger partial charge in [0.2, 0.25) is 0 Å². The van der Waals surface area contributed by atoms with E-state index in [1.807, 2.05) is 85.1 Å². The maximum atomic E-state index is 9.21. The average Bonchev–Trinajstić information content (AvgIpc) is 4.10. The van der Waals surface area contributed by atoms with Gasteiger partial charge in [0.25, 0.3) is 0 Å². The number of rotatable bonds is 5. The summed E-state index contributed by atoms with van der Waals surface area (Å²) in [4.78, 5) is 9.17. The van der Waals surface area contributed by atoms with Crippen LogP contribution in [0.5, 0.6) is 11.5 Å². The minimum absolute atomic E-state index is 0.0649. The Bertz CT molecular complexity index is 4010. The van der Waals surface area contributed by atoms with Gasteiger partial charge >= 0.3 is 0 Å². The molecule has 69 heavy (non-hydrogen) atoms. The summed E-state index contributed by atoms with van der Waals surface area (Å²) in [5.41, 5.74) is 9.80. The molecule has 0 atom stereocenters. The van der Waals surface area contributed by atoms with Crippen LogP contribution in [0.3, 0.4) is 0 Å². The van der Waals surface area contributed by atoms with Crippen LogP contribution in [0.4, 0.5) is 22.7 Å². The summed E-state index contributed by atoms with van der Waals surface area (Å²) >= 11 is 0. The Morgan fingerprint density at radius 2 is 1.04 bits per heavy atom. The van der Waals surface area contributed by atoms with Crippen molar-refractivity contribution in [3.63, 3.8) is 0 Å². The Kier molecular flexibility index (Phi) is 7.94. The van der Waals surface area contributed by atoms with E-state index >= 15 is 0 Å². The molecular weight excluding hydrogens is 845 g/mol. The van der Waals surface area contributed by atoms with Gasteiger partial charge in [0.05, 0.1) is 39.1 Å². The lowest BCUT2D eigenvalue weighted by atomic mass is 9.86. The van der Waals surface area contributed by atoms with Gasteiger partial charge in [0.1, 0.15) is 24.0 Å². The molecule has 7 nitrogen and oxygen atoms in total. The summed E-state index contributed by atoms with van der Waals surface area (Å²) in [6, 6.07) is 49.0. The zero-order valence-electron chi connectivity index (χ0n) is 46.7. The van der Waals surface area contributed by atoms with Crippen LogP contribution >= 0.6 is 0 Å². The highest BCUT2D eigenvalue weighted by Crippen LogP contribution is 2.52. The fraction of sp³-hybridized carbons (Fsp3) is 0.242. The largest absolute Gasteiger partial charge is 0.457 e. The lowest BCUT2D eigenvalue weighted by Gasteiger charge is -2.25. The summed E-state index contributed by atoms with van der Waals surface area (Å²) in [6.45, 7) is 14.5. The van der Waals surface area contributed by atoms with E-state index in [1.165, 1.54) is 14.7 Å². The third-order valence-electron chi connectivity index (χ3n) is 14.3. The van der Waals surface area contributed by atoms with Crippen molar-refractivity contribution in [2.45, 2.75) is 78.6 Å². The summed E-state index contributed by atoms with van der Waals surface area (Å²) < 4.78 is 67.2. The van der Waals surface area contributed by atoms with Crippen LogP contribution in [-0.2, 0) is 30.2 Å². The first-order chi connectivity index (χ1) is 35.4. The fourth-order valence-corrected chi connectivity index (χ4v) is 10.6. The average molecular weight is 911 g/mol. The molecule has 0 N–H and O–H groups in total. The molecule has 0 saturated carbocycles. The standard InChI is InChI=1S/C62H60N6O/c1-60(2,3)38-23-27-50-46(31-38)48-36-49-47-32-39(61(4,5)6)24-28-51(47)65(11)58(49)59(57(48)64(50)10)67-37-66(53-21-14-15-22-54(53)67)41-17-16-18-42(34-41)69-43-25-26-45-44-19-12-13-20-52(44)68(55(45)35-43)56-33-40(29-30-63-56)62(7,8)9/h12-36H,37H2,1-11H3/i10D3,11D3. The maximum absolute atomic E-state index is 9.21. The Morgan fingerprint density at radius 3 is 1.68 bits per heavy atom. The van der Waals surface area contributed by atoms with Gasteiger partial charge in [-0.2, -0.15) is 0 Å². The Labute approximate surface area is 413 Å².